The number of benzene rings is 3. The minimum atomic E-state index is -0.361. The Kier molecular flexibility index (Phi) is 9.70. The molecule has 1 aliphatic rings. The quantitative estimate of drug-likeness (QED) is 0.205. The van der Waals surface area contributed by atoms with Crippen LogP contribution in [-0.4, -0.2) is 47.6 Å². The van der Waals surface area contributed by atoms with Gasteiger partial charge in [-0.3, -0.25) is 9.59 Å². The molecule has 38 heavy (non-hydrogen) atoms. The van der Waals surface area contributed by atoms with Crippen molar-refractivity contribution < 1.29 is 14.7 Å². The highest BCUT2D eigenvalue weighted by Gasteiger charge is 2.24. The second-order valence-electron chi connectivity index (χ2n) is 9.51. The van der Waals surface area contributed by atoms with Crippen LogP contribution in [0.5, 0.6) is 0 Å². The highest BCUT2D eigenvalue weighted by Crippen LogP contribution is 2.25. The van der Waals surface area contributed by atoms with Crippen LogP contribution >= 0.6 is 15.9 Å². The van der Waals surface area contributed by atoms with Gasteiger partial charge in [0.2, 0.25) is 11.8 Å². The van der Waals surface area contributed by atoms with Crippen LogP contribution in [0, 0.1) is 0 Å². The molecule has 2 atom stereocenters. The second kappa shape index (κ2) is 13.4. The molecule has 5 N–H and O–H groups in total. The van der Waals surface area contributed by atoms with Crippen molar-refractivity contribution in [1.82, 2.24) is 4.90 Å². The molecule has 0 saturated carbocycles. The summed E-state index contributed by atoms with van der Waals surface area (Å²) in [6.45, 7) is 2.29. The molecular formula is C30H33BrN4O3. The van der Waals surface area contributed by atoms with Gasteiger partial charge in [0, 0.05) is 22.8 Å². The molecule has 3 aromatic carbocycles. The highest BCUT2D eigenvalue weighted by atomic mass is 79.9. The van der Waals surface area contributed by atoms with Gasteiger partial charge in [-0.25, -0.2) is 0 Å². The van der Waals surface area contributed by atoms with Gasteiger partial charge >= 0.3 is 0 Å². The first-order chi connectivity index (χ1) is 18.4. The van der Waals surface area contributed by atoms with E-state index in [2.05, 4.69) is 31.5 Å². The Hall–Kier alpha value is -3.46. The second-order valence-corrected chi connectivity index (χ2v) is 10.4. The van der Waals surface area contributed by atoms with Gasteiger partial charge in [-0.1, -0.05) is 52.3 Å². The number of nitrogens with zero attached hydrogens (tertiary/aromatic N) is 1. The van der Waals surface area contributed by atoms with E-state index in [0.717, 1.165) is 47.2 Å². The minimum Gasteiger partial charge on any atom is -0.397 e. The van der Waals surface area contributed by atoms with Gasteiger partial charge in [-0.15, -0.1) is 0 Å². The lowest BCUT2D eigenvalue weighted by molar-refractivity contribution is -0.118. The number of carbonyl (C=O) groups excluding carboxylic acids is 2. The third-order valence-electron chi connectivity index (χ3n) is 6.63. The Morgan fingerprint density at radius 1 is 1.05 bits per heavy atom. The number of para-hydroxylation sites is 2. The number of anilines is 3. The minimum absolute atomic E-state index is 0.0759. The first kappa shape index (κ1) is 27.6. The number of nitrogens with two attached hydrogens (primary N) is 1. The average Bonchev–Trinajstić information content (AvgIpc) is 2.91. The van der Waals surface area contributed by atoms with E-state index in [0.29, 0.717) is 24.3 Å². The number of halogens is 1. The molecule has 8 heteroatoms. The van der Waals surface area contributed by atoms with Gasteiger partial charge in [0.1, 0.15) is 0 Å². The average molecular weight is 578 g/mol. The van der Waals surface area contributed by atoms with Crippen molar-refractivity contribution in [3.63, 3.8) is 0 Å². The predicted molar refractivity (Wildman–Crippen MR) is 157 cm³/mol. The monoisotopic (exact) mass is 576 g/mol. The number of β-amino-alcohol motifs (C(OH)–C–C–N with tert-alkyl or cyclic N) is 1. The number of aliphatic hydroxyl groups is 1. The molecule has 1 aliphatic heterocycles. The zero-order chi connectivity index (χ0) is 26.9. The summed E-state index contributed by atoms with van der Waals surface area (Å²) in [5, 5.41) is 15.9. The van der Waals surface area contributed by atoms with Crippen LogP contribution in [0.4, 0.5) is 17.1 Å². The molecule has 3 aromatic rings. The van der Waals surface area contributed by atoms with Gasteiger partial charge < -0.3 is 26.4 Å². The number of hydrogen-bond donors (Lipinski definition) is 4. The lowest BCUT2D eigenvalue weighted by Crippen LogP contribution is -2.39. The molecular weight excluding hydrogens is 544 g/mol. The lowest BCUT2D eigenvalue weighted by Gasteiger charge is -2.31. The normalized spacial score (nSPS) is 16.7. The van der Waals surface area contributed by atoms with Crippen LogP contribution in [0.2, 0.25) is 0 Å². The zero-order valence-electron chi connectivity index (χ0n) is 21.1. The third-order valence-corrected chi connectivity index (χ3v) is 7.16. The maximum absolute atomic E-state index is 13.4. The van der Waals surface area contributed by atoms with Crippen LogP contribution in [0.3, 0.4) is 0 Å². The summed E-state index contributed by atoms with van der Waals surface area (Å²) in [5.74, 6) is -0.712. The fourth-order valence-electron chi connectivity index (χ4n) is 4.55. The summed E-state index contributed by atoms with van der Waals surface area (Å²) in [4.78, 5) is 27.9. The molecule has 0 radical (unpaired) electrons. The van der Waals surface area contributed by atoms with Crippen molar-refractivity contribution in [2.75, 3.05) is 36.0 Å². The van der Waals surface area contributed by atoms with Crippen molar-refractivity contribution in [3.8, 4) is 0 Å². The Morgan fingerprint density at radius 3 is 2.50 bits per heavy atom. The fourth-order valence-corrected chi connectivity index (χ4v) is 4.82. The molecule has 1 heterocycles. The van der Waals surface area contributed by atoms with E-state index in [4.69, 9.17) is 5.73 Å². The molecule has 1 saturated heterocycles. The summed E-state index contributed by atoms with van der Waals surface area (Å²) >= 11 is 3.42. The van der Waals surface area contributed by atoms with Crippen molar-refractivity contribution in [3.05, 3.63) is 94.5 Å². The fraction of sp³-hybridized carbons (Fsp3) is 0.267. The summed E-state index contributed by atoms with van der Waals surface area (Å²) in [5.41, 5.74) is 9.44. The molecule has 0 spiro atoms. The lowest BCUT2D eigenvalue weighted by atomic mass is 9.93. The van der Waals surface area contributed by atoms with E-state index in [1.54, 1.807) is 18.2 Å². The summed E-state index contributed by atoms with van der Waals surface area (Å²) in [6.07, 6.45) is 5.30. The number of carbonyl (C=O) groups is 2. The summed E-state index contributed by atoms with van der Waals surface area (Å²) in [6, 6.07) is 22.3. The number of amides is 2. The molecule has 4 rings (SSSR count). The number of hydrogen-bond acceptors (Lipinski definition) is 5. The highest BCUT2D eigenvalue weighted by molar-refractivity contribution is 9.10. The van der Waals surface area contributed by atoms with E-state index in [1.807, 2.05) is 60.7 Å². The maximum atomic E-state index is 13.4. The molecule has 2 unspecified atom stereocenters. The summed E-state index contributed by atoms with van der Waals surface area (Å²) in [7, 11) is 0. The zero-order valence-corrected chi connectivity index (χ0v) is 22.7. The number of nitrogen functional groups attached to an aromatic ring is 1. The largest absolute Gasteiger partial charge is 0.397 e. The van der Waals surface area contributed by atoms with Crippen LogP contribution < -0.4 is 16.4 Å². The Balaban J connectivity index is 1.44. The maximum Gasteiger partial charge on any atom is 0.248 e. The molecule has 1 fully saturated rings. The van der Waals surface area contributed by atoms with Gasteiger partial charge in [-0.05, 0) is 86.0 Å². The molecule has 7 nitrogen and oxygen atoms in total. The van der Waals surface area contributed by atoms with Crippen LogP contribution in [0.1, 0.15) is 36.3 Å². The number of piperidine rings is 1. The Morgan fingerprint density at radius 2 is 1.79 bits per heavy atom. The molecule has 0 bridgehead atoms. The smallest absolute Gasteiger partial charge is 0.248 e. The van der Waals surface area contributed by atoms with Crippen molar-refractivity contribution in [2.45, 2.75) is 31.3 Å². The predicted octanol–water partition coefficient (Wildman–Crippen LogP) is 5.25. The topological polar surface area (TPSA) is 108 Å². The number of nitrogens with one attached hydrogen (secondary N) is 2. The van der Waals surface area contributed by atoms with Crippen LogP contribution in [0.25, 0.3) is 6.08 Å². The summed E-state index contributed by atoms with van der Waals surface area (Å²) < 4.78 is 0.945. The van der Waals surface area contributed by atoms with Crippen molar-refractivity contribution >= 4 is 50.9 Å². The van der Waals surface area contributed by atoms with Crippen LogP contribution in [-0.2, 0) is 9.59 Å². The van der Waals surface area contributed by atoms with Gasteiger partial charge in [0.25, 0.3) is 0 Å². The molecule has 2 amide bonds. The standard InChI is InChI=1S/C30H33BrN4O3/c31-23-12-14-24(15-13-23)33-30(38)26(17-19-35-18-3-4-25(36)20-35)22-10-7-21(8-11-22)9-16-29(37)34-28-6-2-1-5-27(28)32/h1-2,5-16,25-26,36H,3-4,17-20,32H2,(H,33,38)(H,34,37)/b16-9+. The number of likely N-dealkylation sites (tertiary alicyclic amines) is 1. The van der Waals surface area contributed by atoms with Crippen molar-refractivity contribution in [2.24, 2.45) is 0 Å². The number of aliphatic hydroxyl groups excluding tert-OH is 1. The van der Waals surface area contributed by atoms with E-state index in [-0.39, 0.29) is 23.8 Å². The Bertz CT molecular complexity index is 1260. The van der Waals surface area contributed by atoms with E-state index >= 15 is 0 Å². The van der Waals surface area contributed by atoms with Gasteiger partial charge in [0.15, 0.2) is 0 Å². The van der Waals surface area contributed by atoms with E-state index in [9.17, 15) is 14.7 Å². The first-order valence-corrected chi connectivity index (χ1v) is 13.6. The van der Waals surface area contributed by atoms with Gasteiger partial charge in [-0.2, -0.15) is 0 Å². The molecule has 198 valence electrons. The number of rotatable bonds is 9. The van der Waals surface area contributed by atoms with Crippen molar-refractivity contribution in [1.29, 1.82) is 0 Å². The van der Waals surface area contributed by atoms with E-state index < -0.39 is 0 Å². The Labute approximate surface area is 231 Å². The van der Waals surface area contributed by atoms with Crippen LogP contribution in [0.15, 0.2) is 83.3 Å². The first-order valence-electron chi connectivity index (χ1n) is 12.8. The SMILES string of the molecule is Nc1ccccc1NC(=O)/C=C/c1ccc(C(CCN2CCCC(O)C2)C(=O)Nc2ccc(Br)cc2)cc1. The third kappa shape index (κ3) is 8.02. The molecule has 0 aliphatic carbocycles. The van der Waals surface area contributed by atoms with E-state index in [1.165, 1.54) is 6.08 Å². The van der Waals surface area contributed by atoms with Gasteiger partial charge in [0.05, 0.1) is 23.4 Å². The molecule has 0 aromatic heterocycles.